The molecule has 1 saturated carbocycles. The van der Waals surface area contributed by atoms with E-state index in [-0.39, 0.29) is 16.7 Å². The summed E-state index contributed by atoms with van der Waals surface area (Å²) in [5.41, 5.74) is 0.700. The topological polar surface area (TPSA) is 49.9 Å². The van der Waals surface area contributed by atoms with Crippen LogP contribution >= 0.6 is 11.8 Å². The van der Waals surface area contributed by atoms with E-state index in [2.05, 4.69) is 4.90 Å². The van der Waals surface area contributed by atoms with Crippen molar-refractivity contribution in [2.45, 2.75) is 49.8 Å². The van der Waals surface area contributed by atoms with Crippen molar-refractivity contribution in [1.29, 1.82) is 0 Å². The monoisotopic (exact) mass is 402 g/mol. The molecule has 152 valence electrons. The zero-order valence-corrected chi connectivity index (χ0v) is 17.5. The van der Waals surface area contributed by atoms with E-state index in [4.69, 9.17) is 4.74 Å². The first kappa shape index (κ1) is 19.6. The van der Waals surface area contributed by atoms with Crippen LogP contribution in [0.2, 0.25) is 0 Å². The lowest BCUT2D eigenvalue weighted by molar-refractivity contribution is -0.140. The van der Waals surface area contributed by atoms with Gasteiger partial charge in [-0.25, -0.2) is 0 Å². The van der Waals surface area contributed by atoms with Gasteiger partial charge in [-0.05, 0) is 49.9 Å². The maximum absolute atomic E-state index is 13.2. The summed E-state index contributed by atoms with van der Waals surface area (Å²) >= 11 is 1.93. The summed E-state index contributed by atoms with van der Waals surface area (Å²) in [6.07, 6.45) is 7.50. The second-order valence-corrected chi connectivity index (χ2v) is 9.60. The Hall–Kier alpha value is -1.69. The van der Waals surface area contributed by atoms with Crippen molar-refractivity contribution in [3.63, 3.8) is 0 Å². The van der Waals surface area contributed by atoms with E-state index in [1.165, 1.54) is 19.3 Å². The summed E-state index contributed by atoms with van der Waals surface area (Å²) in [6, 6.07) is 7.32. The third-order valence-corrected chi connectivity index (χ3v) is 8.12. The fraction of sp³-hybridized carbons (Fsp3) is 0.636. The maximum Gasteiger partial charge on any atom is 0.253 e. The first-order chi connectivity index (χ1) is 13.6. The van der Waals surface area contributed by atoms with E-state index in [1.807, 2.05) is 40.9 Å². The third-order valence-electron chi connectivity index (χ3n) is 6.57. The normalized spacial score (nSPS) is 22.5. The standard InChI is InChI=1S/C22H30N2O3S/c1-27-19-9-7-18(8-10-19)20(25)23-13-11-22(12-14-23)24(15-16-28-22)21(26)17-5-3-2-4-6-17/h7-10,17H,2-6,11-16H2,1H3. The molecular weight excluding hydrogens is 372 g/mol. The molecule has 5 nitrogen and oxygen atoms in total. The lowest BCUT2D eigenvalue weighted by atomic mass is 9.87. The number of benzene rings is 1. The zero-order valence-electron chi connectivity index (χ0n) is 16.7. The van der Waals surface area contributed by atoms with Crippen molar-refractivity contribution in [2.24, 2.45) is 5.92 Å². The van der Waals surface area contributed by atoms with Crippen LogP contribution in [0.3, 0.4) is 0 Å². The number of rotatable bonds is 3. The van der Waals surface area contributed by atoms with E-state index < -0.39 is 0 Å². The number of carbonyl (C=O) groups excluding carboxylic acids is 2. The number of likely N-dealkylation sites (tertiary alicyclic amines) is 1. The van der Waals surface area contributed by atoms with Crippen LogP contribution in [0.25, 0.3) is 0 Å². The van der Waals surface area contributed by atoms with Gasteiger partial charge in [0.25, 0.3) is 5.91 Å². The van der Waals surface area contributed by atoms with Gasteiger partial charge in [-0.15, -0.1) is 11.8 Å². The van der Waals surface area contributed by atoms with Crippen LogP contribution in [-0.4, -0.2) is 59.0 Å². The minimum Gasteiger partial charge on any atom is -0.497 e. The Kier molecular flexibility index (Phi) is 5.85. The smallest absolute Gasteiger partial charge is 0.253 e. The van der Waals surface area contributed by atoms with E-state index >= 15 is 0 Å². The molecular formula is C22H30N2O3S. The summed E-state index contributed by atoms with van der Waals surface area (Å²) < 4.78 is 5.18. The van der Waals surface area contributed by atoms with Gasteiger partial charge in [0, 0.05) is 36.9 Å². The Labute approximate surface area is 171 Å². The fourth-order valence-corrected chi connectivity index (χ4v) is 6.34. The number of carbonyl (C=O) groups is 2. The Bertz CT molecular complexity index is 707. The van der Waals surface area contributed by atoms with Crippen molar-refractivity contribution in [1.82, 2.24) is 9.80 Å². The SMILES string of the molecule is COc1ccc(C(=O)N2CCC3(CC2)SCCN3C(=O)C2CCCCC2)cc1. The van der Waals surface area contributed by atoms with Gasteiger partial charge in [-0.1, -0.05) is 19.3 Å². The Morgan fingerprint density at radius 2 is 1.71 bits per heavy atom. The molecule has 2 amide bonds. The molecule has 28 heavy (non-hydrogen) atoms. The molecule has 1 aromatic rings. The maximum atomic E-state index is 13.2. The van der Waals surface area contributed by atoms with Gasteiger partial charge < -0.3 is 14.5 Å². The van der Waals surface area contributed by atoms with E-state index in [0.717, 1.165) is 43.7 Å². The van der Waals surface area contributed by atoms with Crippen molar-refractivity contribution in [2.75, 3.05) is 32.5 Å². The Morgan fingerprint density at radius 1 is 1.04 bits per heavy atom. The molecule has 1 aliphatic carbocycles. The number of piperidine rings is 1. The molecule has 3 fully saturated rings. The highest BCUT2D eigenvalue weighted by Crippen LogP contribution is 2.45. The molecule has 0 N–H and O–H groups in total. The number of methoxy groups -OCH3 is 1. The van der Waals surface area contributed by atoms with Crippen molar-refractivity contribution in [3.8, 4) is 5.75 Å². The molecule has 0 atom stereocenters. The van der Waals surface area contributed by atoms with Crippen LogP contribution in [0.5, 0.6) is 5.75 Å². The predicted octanol–water partition coefficient (Wildman–Crippen LogP) is 3.78. The second-order valence-electron chi connectivity index (χ2n) is 8.14. The number of hydrogen-bond acceptors (Lipinski definition) is 4. The zero-order chi connectivity index (χ0) is 19.6. The van der Waals surface area contributed by atoms with Gasteiger partial charge in [0.2, 0.25) is 5.91 Å². The van der Waals surface area contributed by atoms with Gasteiger partial charge in [0.15, 0.2) is 0 Å². The highest BCUT2D eigenvalue weighted by atomic mass is 32.2. The molecule has 2 saturated heterocycles. The van der Waals surface area contributed by atoms with Gasteiger partial charge in [-0.3, -0.25) is 9.59 Å². The largest absolute Gasteiger partial charge is 0.497 e. The molecule has 4 rings (SSSR count). The van der Waals surface area contributed by atoms with Crippen LogP contribution in [0, 0.1) is 5.92 Å². The highest BCUT2D eigenvalue weighted by Gasteiger charge is 2.48. The molecule has 0 radical (unpaired) electrons. The molecule has 0 unspecified atom stereocenters. The van der Waals surface area contributed by atoms with E-state index in [1.54, 1.807) is 7.11 Å². The summed E-state index contributed by atoms with van der Waals surface area (Å²) in [5.74, 6) is 2.45. The van der Waals surface area contributed by atoms with Gasteiger partial charge in [-0.2, -0.15) is 0 Å². The van der Waals surface area contributed by atoms with Crippen LogP contribution in [0.15, 0.2) is 24.3 Å². The number of thioether (sulfide) groups is 1. The number of amides is 2. The van der Waals surface area contributed by atoms with Crippen LogP contribution < -0.4 is 4.74 Å². The average Bonchev–Trinajstić information content (AvgIpc) is 3.17. The first-order valence-electron chi connectivity index (χ1n) is 10.5. The number of ether oxygens (including phenoxy) is 1. The van der Waals surface area contributed by atoms with E-state index in [9.17, 15) is 9.59 Å². The van der Waals surface area contributed by atoms with E-state index in [0.29, 0.717) is 24.6 Å². The summed E-state index contributed by atoms with van der Waals surface area (Å²) in [6.45, 7) is 2.30. The van der Waals surface area contributed by atoms with Crippen LogP contribution in [-0.2, 0) is 4.79 Å². The minimum atomic E-state index is -0.0920. The second kappa shape index (κ2) is 8.36. The number of hydrogen-bond donors (Lipinski definition) is 0. The molecule has 3 aliphatic rings. The van der Waals surface area contributed by atoms with Crippen LogP contribution in [0.1, 0.15) is 55.3 Å². The van der Waals surface area contributed by atoms with Crippen molar-refractivity contribution in [3.05, 3.63) is 29.8 Å². The lowest BCUT2D eigenvalue weighted by Crippen LogP contribution is -2.55. The van der Waals surface area contributed by atoms with Crippen molar-refractivity contribution >= 4 is 23.6 Å². The van der Waals surface area contributed by atoms with Gasteiger partial charge >= 0.3 is 0 Å². The molecule has 0 bridgehead atoms. The molecule has 1 aromatic carbocycles. The average molecular weight is 403 g/mol. The highest BCUT2D eigenvalue weighted by molar-refractivity contribution is 8.00. The summed E-state index contributed by atoms with van der Waals surface area (Å²) in [7, 11) is 1.63. The molecule has 2 heterocycles. The number of nitrogens with zero attached hydrogens (tertiary/aromatic N) is 2. The first-order valence-corrected chi connectivity index (χ1v) is 11.5. The predicted molar refractivity (Wildman–Crippen MR) is 112 cm³/mol. The summed E-state index contributed by atoms with van der Waals surface area (Å²) in [5, 5.41) is 0. The fourth-order valence-electron chi connectivity index (χ4n) is 4.88. The minimum absolute atomic E-state index is 0.0747. The third kappa shape index (κ3) is 3.76. The quantitative estimate of drug-likeness (QED) is 0.772. The summed E-state index contributed by atoms with van der Waals surface area (Å²) in [4.78, 5) is 30.1. The Balaban J connectivity index is 1.40. The molecule has 0 aromatic heterocycles. The molecule has 1 spiro atoms. The van der Waals surface area contributed by atoms with Gasteiger partial charge in [0.1, 0.15) is 5.75 Å². The Morgan fingerprint density at radius 3 is 2.36 bits per heavy atom. The van der Waals surface area contributed by atoms with Crippen molar-refractivity contribution < 1.29 is 14.3 Å². The van der Waals surface area contributed by atoms with Crippen LogP contribution in [0.4, 0.5) is 0 Å². The molecule has 2 aliphatic heterocycles. The lowest BCUT2D eigenvalue weighted by Gasteiger charge is -2.45. The van der Waals surface area contributed by atoms with Gasteiger partial charge in [0.05, 0.1) is 12.0 Å². The molecule has 6 heteroatoms.